The van der Waals surface area contributed by atoms with Crippen LogP contribution < -0.4 is 5.32 Å². The third-order valence-electron chi connectivity index (χ3n) is 5.55. The van der Waals surface area contributed by atoms with Crippen LogP contribution in [0.2, 0.25) is 10.0 Å². The number of hydrogen-bond acceptors (Lipinski definition) is 3. The maximum Gasteiger partial charge on any atom is 0.243 e. The third kappa shape index (κ3) is 9.06. The van der Waals surface area contributed by atoms with E-state index in [1.165, 1.54) is 22.7 Å². The largest absolute Gasteiger partial charge is 0.350 e. The Bertz CT molecular complexity index is 1220. The second-order valence-corrected chi connectivity index (χ2v) is 11.6. The first-order valence-corrected chi connectivity index (χ1v) is 13.8. The Morgan fingerprint density at radius 1 is 0.946 bits per heavy atom. The van der Waals surface area contributed by atoms with Crippen LogP contribution in [0.4, 0.5) is 4.39 Å². The molecule has 3 aromatic rings. The molecule has 1 atom stereocenters. The molecule has 3 rings (SSSR count). The van der Waals surface area contributed by atoms with Gasteiger partial charge in [-0.25, -0.2) is 4.39 Å². The lowest BCUT2D eigenvalue weighted by Crippen LogP contribution is -2.54. The summed E-state index contributed by atoms with van der Waals surface area (Å²) in [7, 11) is 0. The van der Waals surface area contributed by atoms with Crippen molar-refractivity contribution in [2.24, 2.45) is 0 Å². The molecule has 0 aliphatic carbocycles. The van der Waals surface area contributed by atoms with Crippen molar-refractivity contribution >= 4 is 46.8 Å². The van der Waals surface area contributed by atoms with Crippen LogP contribution in [0.3, 0.4) is 0 Å². The molecule has 0 spiro atoms. The van der Waals surface area contributed by atoms with Gasteiger partial charge in [0, 0.05) is 29.8 Å². The Morgan fingerprint density at radius 3 is 2.27 bits per heavy atom. The Hall–Kier alpha value is -2.54. The molecule has 0 fully saturated rings. The Balaban J connectivity index is 1.88. The van der Waals surface area contributed by atoms with Crippen LogP contribution in [0.25, 0.3) is 0 Å². The van der Waals surface area contributed by atoms with E-state index in [1.54, 1.807) is 30.3 Å². The Kier molecular flexibility index (Phi) is 10.4. The normalized spacial score (nSPS) is 12.2. The molecule has 4 nitrogen and oxygen atoms in total. The zero-order chi connectivity index (χ0) is 27.0. The molecule has 3 aromatic carbocycles. The second-order valence-electron chi connectivity index (χ2n) is 9.80. The maximum atomic E-state index is 14.7. The van der Waals surface area contributed by atoms with E-state index in [9.17, 15) is 14.0 Å². The summed E-state index contributed by atoms with van der Waals surface area (Å²) in [4.78, 5) is 28.6. The Morgan fingerprint density at radius 2 is 1.62 bits per heavy atom. The number of nitrogens with zero attached hydrogens (tertiary/aromatic N) is 1. The van der Waals surface area contributed by atoms with Gasteiger partial charge in [0.15, 0.2) is 0 Å². The van der Waals surface area contributed by atoms with Crippen LogP contribution in [-0.4, -0.2) is 34.0 Å². The number of benzene rings is 3. The van der Waals surface area contributed by atoms with Gasteiger partial charge >= 0.3 is 0 Å². The SMILES string of the molecule is CC(C)(C)NC(=O)[C@H](Cc1ccccc1)N(Cc1ccccc1F)C(=O)CSCc1ccc(Cl)c(Cl)c1. The van der Waals surface area contributed by atoms with Crippen LogP contribution in [0.1, 0.15) is 37.5 Å². The summed E-state index contributed by atoms with van der Waals surface area (Å²) in [5.41, 5.74) is 1.69. The van der Waals surface area contributed by atoms with Crippen molar-refractivity contribution in [2.75, 3.05) is 5.75 Å². The molecule has 2 amide bonds. The molecule has 0 heterocycles. The minimum absolute atomic E-state index is 0.0199. The van der Waals surface area contributed by atoms with Crippen molar-refractivity contribution in [3.05, 3.63) is 105 Å². The molecule has 0 aromatic heterocycles. The second kappa shape index (κ2) is 13.3. The first kappa shape index (κ1) is 29.0. The summed E-state index contributed by atoms with van der Waals surface area (Å²) in [6, 6.07) is 20.4. The fourth-order valence-corrected chi connectivity index (χ4v) is 4.96. The summed E-state index contributed by atoms with van der Waals surface area (Å²) < 4.78 is 14.7. The van der Waals surface area contributed by atoms with Crippen LogP contribution >= 0.6 is 35.0 Å². The molecule has 0 radical (unpaired) electrons. The first-order valence-electron chi connectivity index (χ1n) is 11.9. The molecule has 0 bridgehead atoms. The predicted octanol–water partition coefficient (Wildman–Crippen LogP) is 6.92. The van der Waals surface area contributed by atoms with Gasteiger partial charge < -0.3 is 10.2 Å². The molecule has 1 N–H and O–H groups in total. The van der Waals surface area contributed by atoms with Gasteiger partial charge in [0.2, 0.25) is 11.8 Å². The van der Waals surface area contributed by atoms with Gasteiger partial charge in [-0.1, -0.05) is 77.8 Å². The third-order valence-corrected chi connectivity index (χ3v) is 7.27. The van der Waals surface area contributed by atoms with Gasteiger partial charge in [-0.15, -0.1) is 11.8 Å². The van der Waals surface area contributed by atoms with Crippen molar-refractivity contribution in [3.63, 3.8) is 0 Å². The molecule has 0 unspecified atom stereocenters. The lowest BCUT2D eigenvalue weighted by molar-refractivity contribution is -0.140. The van der Waals surface area contributed by atoms with Crippen LogP contribution in [-0.2, 0) is 28.3 Å². The molecular weight excluding hydrogens is 530 g/mol. The minimum Gasteiger partial charge on any atom is -0.350 e. The molecule has 8 heteroatoms. The van der Waals surface area contributed by atoms with Crippen molar-refractivity contribution in [2.45, 2.75) is 51.1 Å². The van der Waals surface area contributed by atoms with Crippen molar-refractivity contribution < 1.29 is 14.0 Å². The van der Waals surface area contributed by atoms with Crippen LogP contribution in [0.15, 0.2) is 72.8 Å². The highest BCUT2D eigenvalue weighted by atomic mass is 35.5. The Labute approximate surface area is 232 Å². The zero-order valence-corrected chi connectivity index (χ0v) is 23.5. The van der Waals surface area contributed by atoms with E-state index < -0.39 is 17.4 Å². The summed E-state index contributed by atoms with van der Waals surface area (Å²) >= 11 is 13.5. The lowest BCUT2D eigenvalue weighted by Gasteiger charge is -2.34. The van der Waals surface area contributed by atoms with Crippen molar-refractivity contribution in [1.82, 2.24) is 10.2 Å². The monoisotopic (exact) mass is 560 g/mol. The van der Waals surface area contributed by atoms with E-state index >= 15 is 0 Å². The number of carbonyl (C=O) groups is 2. The molecule has 196 valence electrons. The van der Waals surface area contributed by atoms with Crippen molar-refractivity contribution in [3.8, 4) is 0 Å². The number of nitrogens with one attached hydrogen (secondary N) is 1. The molecule has 0 aliphatic rings. The van der Waals surface area contributed by atoms with Gasteiger partial charge in [-0.2, -0.15) is 0 Å². The molecule has 0 saturated heterocycles. The van der Waals surface area contributed by atoms with E-state index in [4.69, 9.17) is 23.2 Å². The molecular formula is C29H31Cl2FN2O2S. The standard InChI is InChI=1S/C29H31Cl2FN2O2S/c1-29(2,3)33-28(36)26(16-20-9-5-4-6-10-20)34(17-22-11-7-8-12-25(22)32)27(35)19-37-18-21-13-14-23(30)24(31)15-21/h4-15,26H,16-19H2,1-3H3,(H,33,36)/t26-/m0/s1. The lowest BCUT2D eigenvalue weighted by atomic mass is 10.0. The van der Waals surface area contributed by atoms with Crippen molar-refractivity contribution in [1.29, 1.82) is 0 Å². The molecule has 37 heavy (non-hydrogen) atoms. The first-order chi connectivity index (χ1) is 17.5. The quantitative estimate of drug-likeness (QED) is 0.292. The summed E-state index contributed by atoms with van der Waals surface area (Å²) in [5.74, 6) is -0.302. The molecule has 0 saturated carbocycles. The molecule has 0 aliphatic heterocycles. The smallest absolute Gasteiger partial charge is 0.243 e. The fourth-order valence-electron chi connectivity index (χ4n) is 3.79. The highest BCUT2D eigenvalue weighted by Gasteiger charge is 2.32. The van der Waals surface area contributed by atoms with Gasteiger partial charge in [0.25, 0.3) is 0 Å². The maximum absolute atomic E-state index is 14.7. The van der Waals surface area contributed by atoms with E-state index in [0.717, 1.165) is 11.1 Å². The number of thioether (sulfide) groups is 1. The van der Waals surface area contributed by atoms with E-state index in [-0.39, 0.29) is 24.1 Å². The van der Waals surface area contributed by atoms with Crippen LogP contribution in [0, 0.1) is 5.82 Å². The summed E-state index contributed by atoms with van der Waals surface area (Å²) in [6.45, 7) is 5.65. The average molecular weight is 562 g/mol. The average Bonchev–Trinajstić information content (AvgIpc) is 2.84. The predicted molar refractivity (Wildman–Crippen MR) is 151 cm³/mol. The van der Waals surface area contributed by atoms with E-state index in [1.807, 2.05) is 57.2 Å². The minimum atomic E-state index is -0.820. The van der Waals surface area contributed by atoms with Gasteiger partial charge in [-0.05, 0) is 50.1 Å². The number of hydrogen-bond donors (Lipinski definition) is 1. The zero-order valence-electron chi connectivity index (χ0n) is 21.1. The van der Waals surface area contributed by atoms with Gasteiger partial charge in [-0.3, -0.25) is 9.59 Å². The number of amides is 2. The number of rotatable bonds is 10. The summed E-state index contributed by atoms with van der Waals surface area (Å²) in [5, 5.41) is 3.93. The van der Waals surface area contributed by atoms with Gasteiger partial charge in [0.05, 0.1) is 15.8 Å². The van der Waals surface area contributed by atoms with E-state index in [0.29, 0.717) is 27.8 Å². The number of halogens is 3. The highest BCUT2D eigenvalue weighted by Crippen LogP contribution is 2.25. The fraction of sp³-hybridized carbons (Fsp3) is 0.310. The topological polar surface area (TPSA) is 49.4 Å². The number of carbonyl (C=O) groups excluding carboxylic acids is 2. The van der Waals surface area contributed by atoms with Gasteiger partial charge in [0.1, 0.15) is 11.9 Å². The van der Waals surface area contributed by atoms with Crippen LogP contribution in [0.5, 0.6) is 0 Å². The summed E-state index contributed by atoms with van der Waals surface area (Å²) in [6.07, 6.45) is 0.306. The van der Waals surface area contributed by atoms with E-state index in [2.05, 4.69) is 5.32 Å². The highest BCUT2D eigenvalue weighted by molar-refractivity contribution is 7.99.